The number of hydrogen-bond donors (Lipinski definition) is 1. The molecule has 1 N–H and O–H groups in total. The van der Waals surface area contributed by atoms with Crippen molar-refractivity contribution in [3.05, 3.63) is 0 Å². The van der Waals surface area contributed by atoms with Gasteiger partial charge in [0.25, 0.3) is 6.43 Å². The Kier molecular flexibility index (Phi) is 6.84. The zero-order chi connectivity index (χ0) is 11.8. The number of nitrogens with one attached hydrogen (secondary N) is 1. The Balaban J connectivity index is 2.07. The van der Waals surface area contributed by atoms with Crippen LogP contribution in [-0.4, -0.2) is 56.8 Å². The average Bonchev–Trinajstić information content (AvgIpc) is 2.25. The van der Waals surface area contributed by atoms with Crippen molar-refractivity contribution in [3.8, 4) is 0 Å². The predicted molar refractivity (Wildman–Crippen MR) is 60.0 cm³/mol. The van der Waals surface area contributed by atoms with Gasteiger partial charge in [0.1, 0.15) is 6.61 Å². The van der Waals surface area contributed by atoms with Crippen LogP contribution in [0.4, 0.5) is 8.78 Å². The van der Waals surface area contributed by atoms with Gasteiger partial charge in [0, 0.05) is 32.2 Å². The summed E-state index contributed by atoms with van der Waals surface area (Å²) in [6, 6.07) is 0.550. The van der Waals surface area contributed by atoms with Gasteiger partial charge in [-0.3, -0.25) is 4.90 Å². The first-order valence-electron chi connectivity index (χ1n) is 6.04. The molecule has 5 heteroatoms. The lowest BCUT2D eigenvalue weighted by molar-refractivity contribution is 0.00740. The van der Waals surface area contributed by atoms with Crippen molar-refractivity contribution in [3.63, 3.8) is 0 Å². The molecule has 1 aliphatic heterocycles. The molecule has 0 bridgehead atoms. The average molecular weight is 236 g/mol. The standard InChI is InChI=1S/C11H22F2N2O/c1-2-3-10-8-15(5-4-14-10)6-7-16-9-11(12)13/h10-11,14H,2-9H2,1H3. The minimum absolute atomic E-state index is 0.406. The van der Waals surface area contributed by atoms with Gasteiger partial charge in [-0.15, -0.1) is 0 Å². The van der Waals surface area contributed by atoms with E-state index in [1.165, 1.54) is 12.8 Å². The third kappa shape index (κ3) is 5.72. The molecule has 0 spiro atoms. The lowest BCUT2D eigenvalue weighted by atomic mass is 10.1. The molecule has 96 valence electrons. The topological polar surface area (TPSA) is 24.5 Å². The Morgan fingerprint density at radius 1 is 1.50 bits per heavy atom. The highest BCUT2D eigenvalue weighted by molar-refractivity contribution is 4.77. The van der Waals surface area contributed by atoms with E-state index < -0.39 is 13.0 Å². The number of hydrogen-bond acceptors (Lipinski definition) is 3. The van der Waals surface area contributed by atoms with E-state index in [4.69, 9.17) is 4.74 Å². The van der Waals surface area contributed by atoms with Crippen LogP contribution < -0.4 is 5.32 Å². The highest BCUT2D eigenvalue weighted by atomic mass is 19.3. The molecule has 1 atom stereocenters. The van der Waals surface area contributed by atoms with E-state index in [0.717, 1.165) is 26.2 Å². The zero-order valence-corrected chi connectivity index (χ0v) is 9.92. The van der Waals surface area contributed by atoms with Crippen LogP contribution in [0.25, 0.3) is 0 Å². The smallest absolute Gasteiger partial charge is 0.261 e. The number of piperazine rings is 1. The first-order valence-corrected chi connectivity index (χ1v) is 6.04. The van der Waals surface area contributed by atoms with Gasteiger partial charge in [-0.05, 0) is 6.42 Å². The molecule has 3 nitrogen and oxygen atoms in total. The number of alkyl halides is 2. The SMILES string of the molecule is CCCC1CN(CCOCC(F)F)CCN1. The molecule has 1 rings (SSSR count). The van der Waals surface area contributed by atoms with E-state index >= 15 is 0 Å². The van der Waals surface area contributed by atoms with Crippen LogP contribution in [0.15, 0.2) is 0 Å². The third-order valence-corrected chi connectivity index (χ3v) is 2.77. The van der Waals surface area contributed by atoms with Gasteiger partial charge in [0.2, 0.25) is 0 Å². The largest absolute Gasteiger partial charge is 0.374 e. The summed E-state index contributed by atoms with van der Waals surface area (Å²) in [4.78, 5) is 2.28. The molecule has 0 aliphatic carbocycles. The lowest BCUT2D eigenvalue weighted by Crippen LogP contribution is -2.51. The van der Waals surface area contributed by atoms with E-state index in [1.807, 2.05) is 0 Å². The molecule has 0 amide bonds. The van der Waals surface area contributed by atoms with Crippen LogP contribution in [0.3, 0.4) is 0 Å². The van der Waals surface area contributed by atoms with Crippen LogP contribution in [0.2, 0.25) is 0 Å². The summed E-state index contributed by atoms with van der Waals surface area (Å²) in [5, 5.41) is 3.46. The van der Waals surface area contributed by atoms with Crippen molar-refractivity contribution in [2.45, 2.75) is 32.2 Å². The zero-order valence-electron chi connectivity index (χ0n) is 9.92. The quantitative estimate of drug-likeness (QED) is 0.675. The molecule has 1 saturated heterocycles. The molecule has 0 aromatic heterocycles. The maximum atomic E-state index is 11.8. The van der Waals surface area contributed by atoms with Crippen LogP contribution in [-0.2, 0) is 4.74 Å². The summed E-state index contributed by atoms with van der Waals surface area (Å²) in [6.07, 6.45) is -0.00206. The van der Waals surface area contributed by atoms with Gasteiger partial charge in [0.15, 0.2) is 0 Å². The summed E-state index contributed by atoms with van der Waals surface area (Å²) in [5.41, 5.74) is 0. The fourth-order valence-electron chi connectivity index (χ4n) is 2.01. The van der Waals surface area contributed by atoms with E-state index in [9.17, 15) is 8.78 Å². The molecular weight excluding hydrogens is 214 g/mol. The highest BCUT2D eigenvalue weighted by Crippen LogP contribution is 2.04. The van der Waals surface area contributed by atoms with Crippen LogP contribution >= 0.6 is 0 Å². The Morgan fingerprint density at radius 3 is 3.00 bits per heavy atom. The molecule has 1 heterocycles. The summed E-state index contributed by atoms with van der Waals surface area (Å²) in [5.74, 6) is 0. The molecular formula is C11H22F2N2O. The second-order valence-electron chi connectivity index (χ2n) is 4.21. The van der Waals surface area contributed by atoms with E-state index in [-0.39, 0.29) is 0 Å². The van der Waals surface area contributed by atoms with Crippen LogP contribution in [0, 0.1) is 0 Å². The summed E-state index contributed by atoms with van der Waals surface area (Å²) < 4.78 is 28.5. The summed E-state index contributed by atoms with van der Waals surface area (Å²) in [6.45, 7) is 5.87. The molecule has 1 fully saturated rings. The molecule has 0 radical (unpaired) electrons. The number of halogens is 2. The van der Waals surface area contributed by atoms with Crippen molar-refractivity contribution >= 4 is 0 Å². The minimum Gasteiger partial charge on any atom is -0.374 e. The number of ether oxygens (including phenoxy) is 1. The van der Waals surface area contributed by atoms with Gasteiger partial charge in [-0.2, -0.15) is 0 Å². The second kappa shape index (κ2) is 7.92. The van der Waals surface area contributed by atoms with Crippen LogP contribution in [0.5, 0.6) is 0 Å². The van der Waals surface area contributed by atoms with Gasteiger partial charge in [-0.1, -0.05) is 13.3 Å². The van der Waals surface area contributed by atoms with Gasteiger partial charge in [-0.25, -0.2) is 8.78 Å². The normalized spacial score (nSPS) is 22.9. The van der Waals surface area contributed by atoms with Gasteiger partial charge >= 0.3 is 0 Å². The highest BCUT2D eigenvalue weighted by Gasteiger charge is 2.17. The maximum Gasteiger partial charge on any atom is 0.261 e. The Labute approximate surface area is 96.1 Å². The lowest BCUT2D eigenvalue weighted by Gasteiger charge is -2.33. The van der Waals surface area contributed by atoms with E-state index in [0.29, 0.717) is 12.6 Å². The van der Waals surface area contributed by atoms with Crippen molar-refractivity contribution in [1.82, 2.24) is 10.2 Å². The van der Waals surface area contributed by atoms with E-state index in [2.05, 4.69) is 17.1 Å². The number of rotatable bonds is 7. The Morgan fingerprint density at radius 2 is 2.31 bits per heavy atom. The summed E-state index contributed by atoms with van der Waals surface area (Å²) in [7, 11) is 0. The fourth-order valence-corrected chi connectivity index (χ4v) is 2.01. The maximum absolute atomic E-state index is 11.8. The molecule has 1 aliphatic rings. The minimum atomic E-state index is -2.35. The second-order valence-corrected chi connectivity index (χ2v) is 4.21. The molecule has 0 aromatic carbocycles. The number of nitrogens with zero attached hydrogens (tertiary/aromatic N) is 1. The fraction of sp³-hybridized carbons (Fsp3) is 1.00. The first-order chi connectivity index (χ1) is 7.72. The van der Waals surface area contributed by atoms with E-state index in [1.54, 1.807) is 0 Å². The third-order valence-electron chi connectivity index (χ3n) is 2.77. The van der Waals surface area contributed by atoms with Gasteiger partial charge in [0.05, 0.1) is 6.61 Å². The molecule has 0 saturated carbocycles. The Bertz CT molecular complexity index is 179. The van der Waals surface area contributed by atoms with Crippen molar-refractivity contribution < 1.29 is 13.5 Å². The van der Waals surface area contributed by atoms with Crippen molar-refractivity contribution in [1.29, 1.82) is 0 Å². The Hall–Kier alpha value is -0.260. The summed E-state index contributed by atoms with van der Waals surface area (Å²) >= 11 is 0. The first kappa shape index (κ1) is 13.8. The van der Waals surface area contributed by atoms with Crippen molar-refractivity contribution in [2.75, 3.05) is 39.4 Å². The molecule has 1 unspecified atom stereocenters. The van der Waals surface area contributed by atoms with Crippen LogP contribution in [0.1, 0.15) is 19.8 Å². The monoisotopic (exact) mass is 236 g/mol. The van der Waals surface area contributed by atoms with Crippen molar-refractivity contribution in [2.24, 2.45) is 0 Å². The molecule has 0 aromatic rings. The predicted octanol–water partition coefficient (Wildman–Crippen LogP) is 1.34. The van der Waals surface area contributed by atoms with Gasteiger partial charge < -0.3 is 10.1 Å². The molecule has 16 heavy (non-hydrogen) atoms.